The molecule has 2 rings (SSSR count). The summed E-state index contributed by atoms with van der Waals surface area (Å²) in [4.78, 5) is 23.2. The highest BCUT2D eigenvalue weighted by Gasteiger charge is 2.43. The molecular weight excluding hydrogens is 232 g/mol. The zero-order chi connectivity index (χ0) is 13.2. The molecule has 0 aliphatic heterocycles. The number of anilines is 1. The number of hydrogen-bond donors (Lipinski definition) is 3. The summed E-state index contributed by atoms with van der Waals surface area (Å²) in [5, 5.41) is 11.7. The van der Waals surface area contributed by atoms with Gasteiger partial charge in [-0.3, -0.25) is 4.79 Å². The summed E-state index contributed by atoms with van der Waals surface area (Å²) in [6, 6.07) is 6.37. The van der Waals surface area contributed by atoms with Crippen LogP contribution in [0.25, 0.3) is 0 Å². The Labute approximate surface area is 105 Å². The van der Waals surface area contributed by atoms with Crippen molar-refractivity contribution < 1.29 is 14.7 Å². The lowest BCUT2D eigenvalue weighted by molar-refractivity contribution is -0.129. The van der Waals surface area contributed by atoms with E-state index in [1.165, 1.54) is 6.07 Å². The molecular formula is C13H16N2O3. The van der Waals surface area contributed by atoms with Crippen LogP contribution in [0.15, 0.2) is 24.3 Å². The number of amides is 1. The monoisotopic (exact) mass is 248 g/mol. The molecule has 0 saturated heterocycles. The van der Waals surface area contributed by atoms with Crippen LogP contribution in [0.1, 0.15) is 29.6 Å². The molecule has 1 aliphatic carbocycles. The molecule has 1 saturated carbocycles. The van der Waals surface area contributed by atoms with Gasteiger partial charge in [0.1, 0.15) is 0 Å². The number of nitrogens with two attached hydrogens (primary N) is 1. The van der Waals surface area contributed by atoms with Gasteiger partial charge in [0.15, 0.2) is 0 Å². The molecule has 0 atom stereocenters. The highest BCUT2D eigenvalue weighted by atomic mass is 16.4. The first kappa shape index (κ1) is 12.6. The van der Waals surface area contributed by atoms with Gasteiger partial charge in [-0.05, 0) is 25.0 Å². The number of benzene rings is 1. The van der Waals surface area contributed by atoms with Gasteiger partial charge in [-0.2, -0.15) is 0 Å². The van der Waals surface area contributed by atoms with Gasteiger partial charge in [0.25, 0.3) is 0 Å². The second-order valence-corrected chi connectivity index (χ2v) is 4.64. The number of hydrogen-bond acceptors (Lipinski definition) is 3. The summed E-state index contributed by atoms with van der Waals surface area (Å²) in [5.74, 6) is -1.23. The van der Waals surface area contributed by atoms with E-state index in [2.05, 4.69) is 5.32 Å². The maximum absolute atomic E-state index is 12.1. The van der Waals surface area contributed by atoms with Crippen molar-refractivity contribution >= 4 is 17.6 Å². The lowest BCUT2D eigenvalue weighted by Gasteiger charge is -2.39. The van der Waals surface area contributed by atoms with E-state index in [1.54, 1.807) is 18.2 Å². The van der Waals surface area contributed by atoms with E-state index in [0.29, 0.717) is 12.2 Å². The summed E-state index contributed by atoms with van der Waals surface area (Å²) >= 11 is 0. The van der Waals surface area contributed by atoms with Gasteiger partial charge < -0.3 is 16.2 Å². The van der Waals surface area contributed by atoms with Crippen molar-refractivity contribution in [2.45, 2.75) is 19.3 Å². The number of para-hydroxylation sites is 1. The zero-order valence-corrected chi connectivity index (χ0v) is 9.98. The topological polar surface area (TPSA) is 92.4 Å². The molecule has 4 N–H and O–H groups in total. The Morgan fingerprint density at radius 1 is 1.33 bits per heavy atom. The number of carbonyl (C=O) groups excluding carboxylic acids is 1. The van der Waals surface area contributed by atoms with E-state index >= 15 is 0 Å². The van der Waals surface area contributed by atoms with Crippen LogP contribution in [0, 0.1) is 5.41 Å². The second kappa shape index (κ2) is 4.78. The molecule has 1 aromatic carbocycles. The normalized spacial score (nSPS) is 16.7. The number of carbonyl (C=O) groups is 2. The molecule has 0 aromatic heterocycles. The van der Waals surface area contributed by atoms with E-state index in [-0.39, 0.29) is 11.5 Å². The predicted molar refractivity (Wildman–Crippen MR) is 67.4 cm³/mol. The van der Waals surface area contributed by atoms with Gasteiger partial charge in [-0.15, -0.1) is 0 Å². The molecule has 1 amide bonds. The maximum atomic E-state index is 12.1. The molecule has 0 heterocycles. The summed E-state index contributed by atoms with van der Waals surface area (Å²) in [5.41, 5.74) is 5.56. The first-order valence-corrected chi connectivity index (χ1v) is 5.93. The second-order valence-electron chi connectivity index (χ2n) is 4.64. The van der Waals surface area contributed by atoms with Crippen molar-refractivity contribution in [2.75, 3.05) is 11.9 Å². The Hall–Kier alpha value is -1.88. The van der Waals surface area contributed by atoms with Crippen LogP contribution < -0.4 is 11.1 Å². The third-order valence-electron chi connectivity index (χ3n) is 3.59. The number of carboxylic acid groups (broad SMARTS) is 1. The molecule has 0 spiro atoms. The van der Waals surface area contributed by atoms with Crippen LogP contribution in [0.2, 0.25) is 0 Å². The summed E-state index contributed by atoms with van der Waals surface area (Å²) in [7, 11) is 0. The standard InChI is InChI=1S/C13H16N2O3/c14-8-13(6-3-7-13)12(18)15-10-5-2-1-4-9(10)11(16)17/h1-2,4-5H,3,6-8,14H2,(H,15,18)(H,16,17). The lowest BCUT2D eigenvalue weighted by Crippen LogP contribution is -2.47. The Balaban J connectivity index is 2.19. The first-order chi connectivity index (χ1) is 8.59. The van der Waals surface area contributed by atoms with Crippen LogP contribution in [-0.4, -0.2) is 23.5 Å². The third kappa shape index (κ3) is 2.09. The fraction of sp³-hybridized carbons (Fsp3) is 0.385. The maximum Gasteiger partial charge on any atom is 0.337 e. The zero-order valence-electron chi connectivity index (χ0n) is 9.98. The van der Waals surface area contributed by atoms with E-state index < -0.39 is 11.4 Å². The Bertz CT molecular complexity index is 475. The highest BCUT2D eigenvalue weighted by Crippen LogP contribution is 2.40. The van der Waals surface area contributed by atoms with Crippen molar-refractivity contribution in [2.24, 2.45) is 11.1 Å². The van der Waals surface area contributed by atoms with Crippen LogP contribution in [0.3, 0.4) is 0 Å². The summed E-state index contributed by atoms with van der Waals surface area (Å²) < 4.78 is 0. The molecule has 5 heteroatoms. The summed E-state index contributed by atoms with van der Waals surface area (Å²) in [6.07, 6.45) is 2.53. The predicted octanol–water partition coefficient (Wildman–Crippen LogP) is 1.45. The molecule has 1 aromatic rings. The van der Waals surface area contributed by atoms with Gasteiger partial charge in [-0.25, -0.2) is 4.79 Å². The molecule has 5 nitrogen and oxygen atoms in total. The van der Waals surface area contributed by atoms with Gasteiger partial charge in [0.2, 0.25) is 5.91 Å². The van der Waals surface area contributed by atoms with Crippen molar-refractivity contribution in [3.63, 3.8) is 0 Å². The fourth-order valence-electron chi connectivity index (χ4n) is 2.16. The fourth-order valence-corrected chi connectivity index (χ4v) is 2.16. The van der Waals surface area contributed by atoms with Crippen LogP contribution in [-0.2, 0) is 4.79 Å². The average molecular weight is 248 g/mol. The van der Waals surface area contributed by atoms with Gasteiger partial charge >= 0.3 is 5.97 Å². The Kier molecular flexibility index (Phi) is 3.34. The van der Waals surface area contributed by atoms with Gasteiger partial charge in [0, 0.05) is 6.54 Å². The average Bonchev–Trinajstić information content (AvgIpc) is 2.28. The van der Waals surface area contributed by atoms with Gasteiger partial charge in [0.05, 0.1) is 16.7 Å². The van der Waals surface area contributed by atoms with E-state index in [4.69, 9.17) is 10.8 Å². The number of rotatable bonds is 4. The van der Waals surface area contributed by atoms with Crippen LogP contribution >= 0.6 is 0 Å². The molecule has 18 heavy (non-hydrogen) atoms. The van der Waals surface area contributed by atoms with E-state index in [0.717, 1.165) is 19.3 Å². The Morgan fingerprint density at radius 3 is 2.50 bits per heavy atom. The molecule has 0 radical (unpaired) electrons. The molecule has 1 fully saturated rings. The van der Waals surface area contributed by atoms with Crippen molar-refractivity contribution in [3.8, 4) is 0 Å². The molecule has 96 valence electrons. The summed E-state index contributed by atoms with van der Waals surface area (Å²) in [6.45, 7) is 0.300. The number of aromatic carboxylic acids is 1. The largest absolute Gasteiger partial charge is 0.478 e. The van der Waals surface area contributed by atoms with E-state index in [1.807, 2.05) is 0 Å². The van der Waals surface area contributed by atoms with E-state index in [9.17, 15) is 9.59 Å². The SMILES string of the molecule is NCC1(C(=O)Nc2ccccc2C(=O)O)CCC1. The highest BCUT2D eigenvalue weighted by molar-refractivity contribution is 6.02. The minimum absolute atomic E-state index is 0.0948. The molecule has 0 bridgehead atoms. The number of carboxylic acids is 1. The smallest absolute Gasteiger partial charge is 0.337 e. The van der Waals surface area contributed by atoms with Crippen molar-refractivity contribution in [1.82, 2.24) is 0 Å². The first-order valence-electron chi connectivity index (χ1n) is 5.93. The van der Waals surface area contributed by atoms with Crippen LogP contribution in [0.5, 0.6) is 0 Å². The van der Waals surface area contributed by atoms with Crippen molar-refractivity contribution in [1.29, 1.82) is 0 Å². The van der Waals surface area contributed by atoms with Crippen molar-refractivity contribution in [3.05, 3.63) is 29.8 Å². The quantitative estimate of drug-likeness (QED) is 0.752. The van der Waals surface area contributed by atoms with Crippen LogP contribution in [0.4, 0.5) is 5.69 Å². The molecule has 0 unspecified atom stereocenters. The molecule has 1 aliphatic rings. The minimum Gasteiger partial charge on any atom is -0.478 e. The van der Waals surface area contributed by atoms with Gasteiger partial charge in [-0.1, -0.05) is 18.6 Å². The minimum atomic E-state index is -1.05. The lowest BCUT2D eigenvalue weighted by atomic mass is 9.68. The Morgan fingerprint density at radius 2 is 2.00 bits per heavy atom. The third-order valence-corrected chi connectivity index (χ3v) is 3.59. The number of nitrogens with one attached hydrogen (secondary N) is 1.